The predicted molar refractivity (Wildman–Crippen MR) is 231 cm³/mol. The summed E-state index contributed by atoms with van der Waals surface area (Å²) in [6.45, 7) is 3.80. The second-order valence-electron chi connectivity index (χ2n) is 14.4. The lowest BCUT2D eigenvalue weighted by molar-refractivity contribution is 0.669. The predicted octanol–water partition coefficient (Wildman–Crippen LogP) is 12.0. The lowest BCUT2D eigenvalue weighted by Gasteiger charge is -2.16. The van der Waals surface area contributed by atoms with Crippen molar-refractivity contribution in [2.24, 2.45) is 0 Å². The lowest BCUT2D eigenvalue weighted by Crippen LogP contribution is -2.04. The van der Waals surface area contributed by atoms with Crippen LogP contribution >= 0.6 is 0 Å². The van der Waals surface area contributed by atoms with Crippen LogP contribution < -0.4 is 0 Å². The largest absolute Gasteiger partial charge is 0.456 e. The van der Waals surface area contributed by atoms with Crippen LogP contribution in [0.25, 0.3) is 106 Å². The SMILES string of the molecule is Cc1nc(C)nc(-c2ccc3c(c2)c2ccccc2n3-c2ccc(-c3ccc4c(c3)oc3ccccc34)cc2-c2nc(-c3ccccc3)nc(-c3ccccc3)n2)n1. The van der Waals surface area contributed by atoms with E-state index in [1.54, 1.807) is 0 Å². The van der Waals surface area contributed by atoms with Crippen LogP contribution in [0.1, 0.15) is 11.6 Å². The number of nitrogens with zero attached hydrogens (tertiary/aromatic N) is 7. The van der Waals surface area contributed by atoms with Crippen molar-refractivity contribution in [1.29, 1.82) is 0 Å². The number of aryl methyl sites for hydroxylation is 2. The van der Waals surface area contributed by atoms with E-state index in [1.807, 2.05) is 92.7 Å². The van der Waals surface area contributed by atoms with Crippen LogP contribution in [0, 0.1) is 13.8 Å². The van der Waals surface area contributed by atoms with E-state index in [0.29, 0.717) is 34.9 Å². The molecule has 0 aliphatic carbocycles. The van der Waals surface area contributed by atoms with Gasteiger partial charge in [-0.15, -0.1) is 0 Å². The number of aromatic nitrogens is 7. The molecule has 11 aromatic rings. The highest BCUT2D eigenvalue weighted by Crippen LogP contribution is 2.40. The molecule has 0 N–H and O–H groups in total. The Morgan fingerprint density at radius 1 is 0.362 bits per heavy atom. The summed E-state index contributed by atoms with van der Waals surface area (Å²) in [6.07, 6.45) is 0. The van der Waals surface area contributed by atoms with Crippen LogP contribution in [0.2, 0.25) is 0 Å². The molecule has 7 aromatic carbocycles. The Labute approximate surface area is 333 Å². The summed E-state index contributed by atoms with van der Waals surface area (Å²) in [5.41, 5.74) is 10.4. The average molecular weight is 748 g/mol. The van der Waals surface area contributed by atoms with Gasteiger partial charge in [0.05, 0.1) is 16.7 Å². The van der Waals surface area contributed by atoms with E-state index < -0.39 is 0 Å². The van der Waals surface area contributed by atoms with E-state index >= 15 is 0 Å². The van der Waals surface area contributed by atoms with Crippen molar-refractivity contribution in [2.45, 2.75) is 13.8 Å². The Balaban J connectivity index is 1.18. The lowest BCUT2D eigenvalue weighted by atomic mass is 9.99. The van der Waals surface area contributed by atoms with Crippen molar-refractivity contribution in [3.63, 3.8) is 0 Å². The van der Waals surface area contributed by atoms with Crippen molar-refractivity contribution >= 4 is 43.7 Å². The molecule has 4 heterocycles. The number of furan rings is 1. The number of benzene rings is 7. The molecule has 58 heavy (non-hydrogen) atoms. The molecule has 0 fully saturated rings. The minimum Gasteiger partial charge on any atom is -0.456 e. The molecule has 0 amide bonds. The zero-order chi connectivity index (χ0) is 38.7. The minimum absolute atomic E-state index is 0.563. The molecule has 274 valence electrons. The van der Waals surface area contributed by atoms with Crippen molar-refractivity contribution in [2.75, 3.05) is 0 Å². The molecular formula is C50H33N7O. The zero-order valence-electron chi connectivity index (χ0n) is 31.6. The van der Waals surface area contributed by atoms with Crippen molar-refractivity contribution < 1.29 is 4.42 Å². The van der Waals surface area contributed by atoms with Crippen LogP contribution in [0.3, 0.4) is 0 Å². The molecule has 0 saturated heterocycles. The number of fused-ring (bicyclic) bond motifs is 6. The zero-order valence-corrected chi connectivity index (χ0v) is 31.6. The van der Waals surface area contributed by atoms with Gasteiger partial charge in [0, 0.05) is 43.8 Å². The summed E-state index contributed by atoms with van der Waals surface area (Å²) in [5.74, 6) is 3.79. The maximum absolute atomic E-state index is 6.34. The van der Waals surface area contributed by atoms with Crippen molar-refractivity contribution in [3.05, 3.63) is 175 Å². The first-order valence-corrected chi connectivity index (χ1v) is 19.2. The van der Waals surface area contributed by atoms with E-state index in [9.17, 15) is 0 Å². The highest BCUT2D eigenvalue weighted by molar-refractivity contribution is 6.11. The number of rotatable bonds is 6. The second kappa shape index (κ2) is 13.4. The standard InChI is InChI=1S/C50H33N7O/c1-30-51-31(2)53-49(52-30)36-23-26-43-40(28-36)37-17-9-11-19-42(37)57(43)44-25-22-34(35-21-24-39-38-18-10-12-20-45(38)58-46(39)29-35)27-41(44)50-55-47(32-13-5-3-6-14-32)54-48(56-50)33-15-7-4-8-16-33/h3-29H,1-2H3. The van der Waals surface area contributed by atoms with Crippen LogP contribution in [-0.4, -0.2) is 34.5 Å². The molecule has 0 spiro atoms. The van der Waals surface area contributed by atoms with E-state index in [-0.39, 0.29) is 0 Å². The highest BCUT2D eigenvalue weighted by atomic mass is 16.3. The number of para-hydroxylation sites is 2. The molecule has 4 aromatic heterocycles. The van der Waals surface area contributed by atoms with E-state index in [1.165, 1.54) is 0 Å². The topological polar surface area (TPSA) is 95.4 Å². The van der Waals surface area contributed by atoms with Gasteiger partial charge in [-0.25, -0.2) is 29.9 Å². The smallest absolute Gasteiger partial charge is 0.166 e. The normalized spacial score (nSPS) is 11.6. The quantitative estimate of drug-likeness (QED) is 0.167. The van der Waals surface area contributed by atoms with Gasteiger partial charge in [-0.2, -0.15) is 0 Å². The van der Waals surface area contributed by atoms with Crippen molar-refractivity contribution in [1.82, 2.24) is 34.5 Å². The van der Waals surface area contributed by atoms with E-state index in [2.05, 4.69) is 104 Å². The number of hydrogen-bond acceptors (Lipinski definition) is 7. The second-order valence-corrected chi connectivity index (χ2v) is 14.4. The van der Waals surface area contributed by atoms with Gasteiger partial charge in [0.1, 0.15) is 22.8 Å². The molecule has 8 heteroatoms. The van der Waals surface area contributed by atoms with E-state index in [4.69, 9.17) is 19.4 Å². The summed E-state index contributed by atoms with van der Waals surface area (Å²) >= 11 is 0. The molecule has 8 nitrogen and oxygen atoms in total. The Bertz CT molecular complexity index is 3290. The van der Waals surface area contributed by atoms with Gasteiger partial charge >= 0.3 is 0 Å². The van der Waals surface area contributed by atoms with Crippen LogP contribution in [-0.2, 0) is 0 Å². The molecule has 0 aliphatic heterocycles. The maximum atomic E-state index is 6.34. The number of hydrogen-bond donors (Lipinski definition) is 0. The maximum Gasteiger partial charge on any atom is 0.166 e. The van der Waals surface area contributed by atoms with Crippen molar-refractivity contribution in [3.8, 4) is 62.4 Å². The molecule has 0 aliphatic rings. The first-order valence-electron chi connectivity index (χ1n) is 19.2. The van der Waals surface area contributed by atoms with Gasteiger partial charge in [0.15, 0.2) is 23.3 Å². The Kier molecular flexibility index (Phi) is 7.75. The fourth-order valence-corrected chi connectivity index (χ4v) is 8.04. The van der Waals surface area contributed by atoms with Crippen LogP contribution in [0.15, 0.2) is 168 Å². The third kappa shape index (κ3) is 5.69. The minimum atomic E-state index is 0.563. The summed E-state index contributed by atoms with van der Waals surface area (Å²) in [6, 6.07) is 56.2. The van der Waals surface area contributed by atoms with Gasteiger partial charge in [0.2, 0.25) is 0 Å². The Hall–Kier alpha value is -7.84. The van der Waals surface area contributed by atoms with Crippen LogP contribution in [0.4, 0.5) is 0 Å². The molecule has 0 atom stereocenters. The van der Waals surface area contributed by atoms with Crippen LogP contribution in [0.5, 0.6) is 0 Å². The third-order valence-corrected chi connectivity index (χ3v) is 10.7. The summed E-state index contributed by atoms with van der Waals surface area (Å²) < 4.78 is 8.66. The molecular weight excluding hydrogens is 715 g/mol. The third-order valence-electron chi connectivity index (χ3n) is 10.7. The first-order chi connectivity index (χ1) is 28.5. The van der Waals surface area contributed by atoms with Gasteiger partial charge in [0.25, 0.3) is 0 Å². The highest BCUT2D eigenvalue weighted by Gasteiger charge is 2.21. The van der Waals surface area contributed by atoms with E-state index in [0.717, 1.165) is 82.8 Å². The Morgan fingerprint density at radius 2 is 0.914 bits per heavy atom. The first kappa shape index (κ1) is 33.5. The van der Waals surface area contributed by atoms with Gasteiger partial charge in [-0.1, -0.05) is 109 Å². The average Bonchev–Trinajstić information content (AvgIpc) is 3.81. The van der Waals surface area contributed by atoms with Gasteiger partial charge < -0.3 is 8.98 Å². The molecule has 0 saturated carbocycles. The molecule has 0 bridgehead atoms. The monoisotopic (exact) mass is 747 g/mol. The summed E-state index contributed by atoms with van der Waals surface area (Å²) in [4.78, 5) is 29.3. The summed E-state index contributed by atoms with van der Waals surface area (Å²) in [5, 5.41) is 4.38. The fraction of sp³-hybridized carbons (Fsp3) is 0.0400. The molecule has 0 unspecified atom stereocenters. The Morgan fingerprint density at radius 3 is 1.66 bits per heavy atom. The molecule has 0 radical (unpaired) electrons. The summed E-state index contributed by atoms with van der Waals surface area (Å²) in [7, 11) is 0. The van der Waals surface area contributed by atoms with Gasteiger partial charge in [-0.3, -0.25) is 0 Å². The van der Waals surface area contributed by atoms with Gasteiger partial charge in [-0.05, 0) is 79.6 Å². The molecule has 11 rings (SSSR count). The fourth-order valence-electron chi connectivity index (χ4n) is 8.04.